The average Bonchev–Trinajstić information content (AvgIpc) is 3.21. The Labute approximate surface area is 199 Å². The van der Waals surface area contributed by atoms with E-state index < -0.39 is 33.6 Å². The van der Waals surface area contributed by atoms with Gasteiger partial charge < -0.3 is 9.80 Å². The molecule has 0 radical (unpaired) electrons. The molecule has 184 valence electrons. The molecule has 1 aliphatic heterocycles. The van der Waals surface area contributed by atoms with Crippen LogP contribution in [0.15, 0.2) is 47.4 Å². The van der Waals surface area contributed by atoms with E-state index in [1.165, 1.54) is 32.3 Å². The Balaban J connectivity index is 1.73. The molecular weight excluding hydrogens is 464 g/mol. The van der Waals surface area contributed by atoms with Crippen LogP contribution >= 0.6 is 0 Å². The van der Waals surface area contributed by atoms with Crippen LogP contribution in [0, 0.1) is 17.6 Å². The minimum atomic E-state index is -3.61. The zero-order valence-electron chi connectivity index (χ0n) is 19.7. The zero-order chi connectivity index (χ0) is 25.2. The molecule has 2 aromatic rings. The van der Waals surface area contributed by atoms with Crippen molar-refractivity contribution in [1.82, 2.24) is 9.21 Å². The molecule has 0 saturated carbocycles. The van der Waals surface area contributed by atoms with Crippen LogP contribution in [0.4, 0.5) is 14.5 Å². The highest BCUT2D eigenvalue weighted by atomic mass is 32.2. The third-order valence-electron chi connectivity index (χ3n) is 6.32. The smallest absolute Gasteiger partial charge is 0.243 e. The molecule has 3 rings (SSSR count). The van der Waals surface area contributed by atoms with Crippen molar-refractivity contribution in [1.29, 1.82) is 0 Å². The Bertz CT molecular complexity index is 1170. The van der Waals surface area contributed by atoms with Gasteiger partial charge in [0.05, 0.1) is 16.9 Å². The first kappa shape index (κ1) is 25.8. The maximum atomic E-state index is 13.6. The highest BCUT2D eigenvalue weighted by molar-refractivity contribution is 7.89. The van der Waals surface area contributed by atoms with E-state index in [1.54, 1.807) is 40.0 Å². The lowest BCUT2D eigenvalue weighted by molar-refractivity contribution is -0.136. The van der Waals surface area contributed by atoms with Crippen LogP contribution in [-0.2, 0) is 19.6 Å². The number of amides is 2. The Morgan fingerprint density at radius 3 is 2.26 bits per heavy atom. The second-order valence-corrected chi connectivity index (χ2v) is 10.2. The first-order valence-electron chi connectivity index (χ1n) is 11.1. The number of benzene rings is 2. The van der Waals surface area contributed by atoms with E-state index in [0.717, 1.165) is 12.1 Å². The Hall–Kier alpha value is -2.85. The van der Waals surface area contributed by atoms with E-state index in [-0.39, 0.29) is 29.7 Å². The summed E-state index contributed by atoms with van der Waals surface area (Å²) in [5, 5.41) is 0. The number of sulfonamides is 1. The number of carbonyl (C=O) groups excluding carboxylic acids is 2. The van der Waals surface area contributed by atoms with Gasteiger partial charge in [0.15, 0.2) is 11.6 Å². The second-order valence-electron chi connectivity index (χ2n) is 8.29. The van der Waals surface area contributed by atoms with Gasteiger partial charge in [-0.05, 0) is 48.9 Å². The summed E-state index contributed by atoms with van der Waals surface area (Å²) in [5.41, 5.74) is 0.955. The molecule has 1 fully saturated rings. The maximum absolute atomic E-state index is 13.6. The summed E-state index contributed by atoms with van der Waals surface area (Å²) in [5.74, 6) is -3.08. The fourth-order valence-corrected chi connectivity index (χ4v) is 5.57. The highest BCUT2D eigenvalue weighted by Gasteiger charge is 2.37. The van der Waals surface area contributed by atoms with Gasteiger partial charge in [-0.2, -0.15) is 4.31 Å². The molecule has 0 aromatic heterocycles. The van der Waals surface area contributed by atoms with E-state index in [1.807, 2.05) is 0 Å². The van der Waals surface area contributed by atoms with Gasteiger partial charge in [-0.3, -0.25) is 9.59 Å². The fourth-order valence-electron chi connectivity index (χ4n) is 4.11. The van der Waals surface area contributed by atoms with Crippen molar-refractivity contribution in [3.05, 3.63) is 59.7 Å². The van der Waals surface area contributed by atoms with Gasteiger partial charge >= 0.3 is 0 Å². The van der Waals surface area contributed by atoms with Gasteiger partial charge in [0.1, 0.15) is 0 Å². The fraction of sp³-hybridized carbons (Fsp3) is 0.417. The van der Waals surface area contributed by atoms with E-state index in [4.69, 9.17) is 0 Å². The molecule has 0 N–H and O–H groups in total. The van der Waals surface area contributed by atoms with Crippen LogP contribution < -0.4 is 4.90 Å². The Kier molecular flexibility index (Phi) is 7.72. The van der Waals surface area contributed by atoms with E-state index in [0.29, 0.717) is 24.3 Å². The third kappa shape index (κ3) is 4.97. The zero-order valence-corrected chi connectivity index (χ0v) is 20.5. The molecule has 10 heteroatoms. The largest absolute Gasteiger partial charge is 0.339 e. The van der Waals surface area contributed by atoms with E-state index in [2.05, 4.69) is 0 Å². The molecule has 1 aliphatic rings. The number of halogens is 2. The molecule has 0 bridgehead atoms. The van der Waals surface area contributed by atoms with Crippen molar-refractivity contribution >= 4 is 27.5 Å². The SMILES string of the molecule is CCN(CC)S(=O)(=O)c1ccc(N2C[C@H](C(=O)N(C)[C@H](C)c3ccc(F)c(F)c3)CC2=O)cc1. The van der Waals surface area contributed by atoms with Crippen LogP contribution in [0.3, 0.4) is 0 Å². The quantitative estimate of drug-likeness (QED) is 0.563. The molecule has 0 spiro atoms. The van der Waals surface area contributed by atoms with Gasteiger partial charge in [-0.25, -0.2) is 17.2 Å². The summed E-state index contributed by atoms with van der Waals surface area (Å²) < 4.78 is 53.6. The normalized spacial score (nSPS) is 17.3. The Morgan fingerprint density at radius 2 is 1.71 bits per heavy atom. The van der Waals surface area contributed by atoms with Crippen molar-refractivity contribution in [3.8, 4) is 0 Å². The third-order valence-corrected chi connectivity index (χ3v) is 8.38. The van der Waals surface area contributed by atoms with Gasteiger partial charge in [-0.15, -0.1) is 0 Å². The van der Waals surface area contributed by atoms with Crippen LogP contribution in [-0.4, -0.2) is 56.1 Å². The molecule has 2 atom stereocenters. The van der Waals surface area contributed by atoms with E-state index >= 15 is 0 Å². The molecule has 2 amide bonds. The predicted octanol–water partition coefficient (Wildman–Crippen LogP) is 3.57. The molecule has 1 saturated heterocycles. The van der Waals surface area contributed by atoms with Crippen molar-refractivity contribution in [3.63, 3.8) is 0 Å². The highest BCUT2D eigenvalue weighted by Crippen LogP contribution is 2.30. The number of carbonyl (C=O) groups is 2. The monoisotopic (exact) mass is 493 g/mol. The van der Waals surface area contributed by atoms with E-state index in [9.17, 15) is 26.8 Å². The Morgan fingerprint density at radius 1 is 1.09 bits per heavy atom. The lowest BCUT2D eigenvalue weighted by Gasteiger charge is -2.28. The number of hydrogen-bond acceptors (Lipinski definition) is 4. The lowest BCUT2D eigenvalue weighted by atomic mass is 10.0. The number of anilines is 1. The summed E-state index contributed by atoms with van der Waals surface area (Å²) in [6, 6.07) is 9.03. The summed E-state index contributed by atoms with van der Waals surface area (Å²) >= 11 is 0. The molecular formula is C24H29F2N3O4S. The summed E-state index contributed by atoms with van der Waals surface area (Å²) in [4.78, 5) is 28.7. The molecule has 34 heavy (non-hydrogen) atoms. The molecule has 1 heterocycles. The first-order chi connectivity index (χ1) is 16.0. The minimum Gasteiger partial charge on any atom is -0.339 e. The molecule has 2 aromatic carbocycles. The van der Waals surface area contributed by atoms with Crippen LogP contribution in [0.2, 0.25) is 0 Å². The standard InChI is InChI=1S/C24H29F2N3O4S/c1-5-28(6-2)34(32,33)20-10-8-19(9-11-20)29-15-18(14-23(29)30)24(31)27(4)16(3)17-7-12-21(25)22(26)13-17/h7-13,16,18H,5-6,14-15H2,1-4H3/t16-,18-/m1/s1. The second kappa shape index (κ2) is 10.2. The van der Waals surface area contributed by atoms with Crippen molar-refractivity contribution in [2.45, 2.75) is 38.1 Å². The number of hydrogen-bond donors (Lipinski definition) is 0. The van der Waals surface area contributed by atoms with Crippen LogP contribution in [0.1, 0.15) is 38.8 Å². The molecule has 7 nitrogen and oxygen atoms in total. The molecule has 0 unspecified atom stereocenters. The van der Waals surface area contributed by atoms with Crippen molar-refractivity contribution < 1.29 is 26.8 Å². The topological polar surface area (TPSA) is 78.0 Å². The predicted molar refractivity (Wildman–Crippen MR) is 125 cm³/mol. The van der Waals surface area contributed by atoms with Gasteiger partial charge in [-0.1, -0.05) is 19.9 Å². The van der Waals surface area contributed by atoms with Crippen LogP contribution in [0.5, 0.6) is 0 Å². The number of rotatable bonds is 8. The minimum absolute atomic E-state index is 0.00711. The van der Waals surface area contributed by atoms with Gasteiger partial charge in [0.25, 0.3) is 0 Å². The summed E-state index contributed by atoms with van der Waals surface area (Å²) in [7, 11) is -2.05. The van der Waals surface area contributed by atoms with Crippen molar-refractivity contribution in [2.75, 3.05) is 31.6 Å². The van der Waals surface area contributed by atoms with Crippen LogP contribution in [0.25, 0.3) is 0 Å². The average molecular weight is 494 g/mol. The maximum Gasteiger partial charge on any atom is 0.243 e. The summed E-state index contributed by atoms with van der Waals surface area (Å²) in [6.07, 6.45) is 0.00711. The lowest BCUT2D eigenvalue weighted by Crippen LogP contribution is -2.36. The summed E-state index contributed by atoms with van der Waals surface area (Å²) in [6.45, 7) is 6.08. The van der Waals surface area contributed by atoms with Crippen molar-refractivity contribution in [2.24, 2.45) is 5.92 Å². The molecule has 0 aliphatic carbocycles. The number of nitrogens with zero attached hydrogens (tertiary/aromatic N) is 3. The van der Waals surface area contributed by atoms with Gasteiger partial charge in [0.2, 0.25) is 21.8 Å². The van der Waals surface area contributed by atoms with Gasteiger partial charge in [0, 0.05) is 38.8 Å². The first-order valence-corrected chi connectivity index (χ1v) is 12.6.